The van der Waals surface area contributed by atoms with Crippen molar-refractivity contribution >= 4 is 48.8 Å². The lowest BCUT2D eigenvalue weighted by atomic mass is 10.2. The zero-order valence-electron chi connectivity index (χ0n) is 16.3. The first kappa shape index (κ1) is 20.8. The quantitative estimate of drug-likeness (QED) is 0.301. The standard InChI is InChI=1S/C24H21Br2N3O/c25-19-8-3-6-17(14-19)16-29-22-11-2-1-10-21(22)28-23(29)12-5-13-27-24(30)18-7-4-9-20(26)15-18/h1-4,6-11,14-15H,5,12-13,16H2,(H,27,30). The number of rotatable bonds is 7. The zero-order valence-corrected chi connectivity index (χ0v) is 19.5. The molecule has 0 saturated heterocycles. The molecule has 0 bridgehead atoms. The van der Waals surface area contributed by atoms with Crippen LogP contribution < -0.4 is 5.32 Å². The van der Waals surface area contributed by atoms with Gasteiger partial charge in [-0.2, -0.15) is 0 Å². The Kier molecular flexibility index (Phi) is 6.65. The Morgan fingerprint density at radius 3 is 2.50 bits per heavy atom. The van der Waals surface area contributed by atoms with Crippen LogP contribution in [0.3, 0.4) is 0 Å². The number of amides is 1. The molecule has 0 aliphatic rings. The second-order valence-electron chi connectivity index (χ2n) is 7.10. The summed E-state index contributed by atoms with van der Waals surface area (Å²) in [5, 5.41) is 3.00. The van der Waals surface area contributed by atoms with Crippen molar-refractivity contribution in [3.05, 3.63) is 98.7 Å². The Hall–Kier alpha value is -2.44. The van der Waals surface area contributed by atoms with Crippen molar-refractivity contribution in [1.82, 2.24) is 14.9 Å². The summed E-state index contributed by atoms with van der Waals surface area (Å²) >= 11 is 6.96. The Balaban J connectivity index is 1.45. The molecule has 1 aromatic heterocycles. The van der Waals surface area contributed by atoms with Crippen LogP contribution in [0.2, 0.25) is 0 Å². The number of fused-ring (bicyclic) bond motifs is 1. The molecule has 0 aliphatic heterocycles. The van der Waals surface area contributed by atoms with Crippen LogP contribution in [0.4, 0.5) is 0 Å². The second kappa shape index (κ2) is 9.58. The number of imidazole rings is 1. The molecule has 0 atom stereocenters. The van der Waals surface area contributed by atoms with Crippen LogP contribution in [0.25, 0.3) is 11.0 Å². The molecule has 1 N–H and O–H groups in total. The minimum absolute atomic E-state index is 0.0565. The molecule has 0 spiro atoms. The summed E-state index contributed by atoms with van der Waals surface area (Å²) in [5.74, 6) is 0.979. The van der Waals surface area contributed by atoms with Crippen molar-refractivity contribution < 1.29 is 4.79 Å². The highest BCUT2D eigenvalue weighted by Gasteiger charge is 2.12. The third-order valence-electron chi connectivity index (χ3n) is 4.91. The van der Waals surface area contributed by atoms with Gasteiger partial charge in [0.15, 0.2) is 0 Å². The van der Waals surface area contributed by atoms with Gasteiger partial charge >= 0.3 is 0 Å². The summed E-state index contributed by atoms with van der Waals surface area (Å²) in [6, 6.07) is 24.0. The Morgan fingerprint density at radius 1 is 0.933 bits per heavy atom. The molecule has 4 aromatic rings. The summed E-state index contributed by atoms with van der Waals surface area (Å²) in [7, 11) is 0. The van der Waals surface area contributed by atoms with Gasteiger partial charge in [0.25, 0.3) is 5.91 Å². The summed E-state index contributed by atoms with van der Waals surface area (Å²) < 4.78 is 4.24. The van der Waals surface area contributed by atoms with Crippen LogP contribution in [-0.2, 0) is 13.0 Å². The topological polar surface area (TPSA) is 46.9 Å². The highest BCUT2D eigenvalue weighted by atomic mass is 79.9. The zero-order chi connectivity index (χ0) is 20.9. The fourth-order valence-corrected chi connectivity index (χ4v) is 4.34. The molecule has 4 nitrogen and oxygen atoms in total. The van der Waals surface area contributed by atoms with E-state index in [-0.39, 0.29) is 5.91 Å². The smallest absolute Gasteiger partial charge is 0.251 e. The predicted octanol–water partition coefficient (Wildman–Crippen LogP) is 5.97. The van der Waals surface area contributed by atoms with Crippen LogP contribution in [0, 0.1) is 0 Å². The molecule has 1 heterocycles. The van der Waals surface area contributed by atoms with E-state index in [4.69, 9.17) is 4.98 Å². The molecule has 1 amide bonds. The largest absolute Gasteiger partial charge is 0.352 e. The molecule has 6 heteroatoms. The first-order chi connectivity index (χ1) is 14.6. The maximum Gasteiger partial charge on any atom is 0.251 e. The lowest BCUT2D eigenvalue weighted by Gasteiger charge is -2.10. The second-order valence-corrected chi connectivity index (χ2v) is 8.93. The van der Waals surface area contributed by atoms with Gasteiger partial charge in [-0.05, 0) is 54.4 Å². The third-order valence-corrected chi connectivity index (χ3v) is 5.90. The normalized spacial score (nSPS) is 11.0. The molecule has 30 heavy (non-hydrogen) atoms. The number of hydrogen-bond donors (Lipinski definition) is 1. The fourth-order valence-electron chi connectivity index (χ4n) is 3.49. The maximum absolute atomic E-state index is 12.3. The average molecular weight is 527 g/mol. The van der Waals surface area contributed by atoms with E-state index in [1.54, 1.807) is 0 Å². The van der Waals surface area contributed by atoms with Crippen molar-refractivity contribution in [2.75, 3.05) is 6.54 Å². The Morgan fingerprint density at radius 2 is 1.70 bits per heavy atom. The summed E-state index contributed by atoms with van der Waals surface area (Å²) in [4.78, 5) is 17.2. The lowest BCUT2D eigenvalue weighted by Crippen LogP contribution is -2.25. The number of carbonyl (C=O) groups is 1. The van der Waals surface area contributed by atoms with Crippen molar-refractivity contribution in [2.24, 2.45) is 0 Å². The molecule has 0 saturated carbocycles. The highest BCUT2D eigenvalue weighted by molar-refractivity contribution is 9.10. The maximum atomic E-state index is 12.3. The van der Waals surface area contributed by atoms with E-state index < -0.39 is 0 Å². The molecule has 0 unspecified atom stereocenters. The van der Waals surface area contributed by atoms with Gasteiger partial charge in [-0.25, -0.2) is 4.98 Å². The number of benzene rings is 3. The molecular weight excluding hydrogens is 506 g/mol. The first-order valence-corrected chi connectivity index (χ1v) is 11.4. The molecular formula is C24H21Br2N3O. The molecule has 4 rings (SSSR count). The van der Waals surface area contributed by atoms with E-state index >= 15 is 0 Å². The minimum atomic E-state index is -0.0565. The van der Waals surface area contributed by atoms with Gasteiger partial charge in [-0.3, -0.25) is 4.79 Å². The number of para-hydroxylation sites is 2. The van der Waals surface area contributed by atoms with Gasteiger partial charge in [0.1, 0.15) is 5.82 Å². The number of nitrogens with zero attached hydrogens (tertiary/aromatic N) is 2. The van der Waals surface area contributed by atoms with Gasteiger partial charge in [0.2, 0.25) is 0 Å². The van der Waals surface area contributed by atoms with E-state index in [1.807, 2.05) is 48.5 Å². The van der Waals surface area contributed by atoms with E-state index in [1.165, 1.54) is 5.56 Å². The van der Waals surface area contributed by atoms with Gasteiger partial charge in [-0.1, -0.05) is 62.2 Å². The van der Waals surface area contributed by atoms with E-state index in [2.05, 4.69) is 66.0 Å². The highest BCUT2D eigenvalue weighted by Crippen LogP contribution is 2.20. The van der Waals surface area contributed by atoms with E-state index in [0.29, 0.717) is 12.1 Å². The average Bonchev–Trinajstić information content (AvgIpc) is 3.08. The fraction of sp³-hybridized carbons (Fsp3) is 0.167. The van der Waals surface area contributed by atoms with Crippen molar-refractivity contribution in [1.29, 1.82) is 0 Å². The van der Waals surface area contributed by atoms with E-state index in [0.717, 1.165) is 45.2 Å². The summed E-state index contributed by atoms with van der Waals surface area (Å²) in [6.45, 7) is 1.37. The third kappa shape index (κ3) is 4.99. The SMILES string of the molecule is O=C(NCCCc1nc2ccccc2n1Cc1cccc(Br)c1)c1cccc(Br)c1. The molecule has 0 fully saturated rings. The van der Waals surface area contributed by atoms with Gasteiger partial charge in [0, 0.05) is 34.0 Å². The number of halogens is 2. The summed E-state index contributed by atoms with van der Waals surface area (Å²) in [6.07, 6.45) is 1.61. The summed E-state index contributed by atoms with van der Waals surface area (Å²) in [5.41, 5.74) is 4.01. The van der Waals surface area contributed by atoms with Crippen molar-refractivity contribution in [3.63, 3.8) is 0 Å². The molecule has 152 valence electrons. The minimum Gasteiger partial charge on any atom is -0.352 e. The van der Waals surface area contributed by atoms with Crippen LogP contribution in [0.1, 0.15) is 28.2 Å². The molecule has 0 radical (unpaired) electrons. The van der Waals surface area contributed by atoms with E-state index in [9.17, 15) is 4.79 Å². The molecule has 3 aromatic carbocycles. The molecule has 0 aliphatic carbocycles. The van der Waals surface area contributed by atoms with Crippen LogP contribution >= 0.6 is 31.9 Å². The number of aromatic nitrogens is 2. The number of aryl methyl sites for hydroxylation is 1. The number of hydrogen-bond acceptors (Lipinski definition) is 2. The van der Waals surface area contributed by atoms with Crippen molar-refractivity contribution in [3.8, 4) is 0 Å². The van der Waals surface area contributed by atoms with Crippen LogP contribution in [0.5, 0.6) is 0 Å². The van der Waals surface area contributed by atoms with Gasteiger partial charge in [-0.15, -0.1) is 0 Å². The monoisotopic (exact) mass is 525 g/mol. The number of nitrogens with one attached hydrogen (secondary N) is 1. The van der Waals surface area contributed by atoms with Crippen LogP contribution in [0.15, 0.2) is 81.7 Å². The predicted molar refractivity (Wildman–Crippen MR) is 128 cm³/mol. The lowest BCUT2D eigenvalue weighted by molar-refractivity contribution is 0.0953. The van der Waals surface area contributed by atoms with Gasteiger partial charge in [0.05, 0.1) is 11.0 Å². The first-order valence-electron chi connectivity index (χ1n) is 9.82. The number of carbonyl (C=O) groups excluding carboxylic acids is 1. The Labute approximate surface area is 192 Å². The Bertz CT molecular complexity index is 1190. The van der Waals surface area contributed by atoms with Crippen molar-refractivity contribution in [2.45, 2.75) is 19.4 Å². The van der Waals surface area contributed by atoms with Gasteiger partial charge < -0.3 is 9.88 Å². The van der Waals surface area contributed by atoms with Crippen LogP contribution in [-0.4, -0.2) is 22.0 Å².